The molecule has 0 bridgehead atoms. The third-order valence-electron chi connectivity index (χ3n) is 7.87. The van der Waals surface area contributed by atoms with Gasteiger partial charge in [0.15, 0.2) is 5.13 Å². The highest BCUT2D eigenvalue weighted by Gasteiger charge is 2.40. The van der Waals surface area contributed by atoms with Crippen LogP contribution in [0.3, 0.4) is 0 Å². The number of nitrogens with two attached hydrogens (primary N) is 1. The number of benzene rings is 1. The molecule has 2 atom stereocenters. The van der Waals surface area contributed by atoms with Crippen molar-refractivity contribution in [1.82, 2.24) is 20.3 Å². The predicted octanol–water partition coefficient (Wildman–Crippen LogP) is 4.94. The molecule has 2 fully saturated rings. The van der Waals surface area contributed by atoms with Gasteiger partial charge in [-0.2, -0.15) is 0 Å². The first-order chi connectivity index (χ1) is 20.8. The van der Waals surface area contributed by atoms with Crippen molar-refractivity contribution in [3.8, 4) is 0 Å². The molecule has 0 saturated heterocycles. The van der Waals surface area contributed by atoms with E-state index in [1.54, 1.807) is 29.8 Å². The Kier molecular flexibility index (Phi) is 8.29. The number of thioether (sulfide) groups is 1. The van der Waals surface area contributed by atoms with Gasteiger partial charge in [-0.05, 0) is 61.4 Å². The predicted molar refractivity (Wildman–Crippen MR) is 166 cm³/mol. The molecule has 3 heterocycles. The summed E-state index contributed by atoms with van der Waals surface area (Å²) >= 11 is 2.78. The number of imide groups is 1. The largest absolute Gasteiger partial charge is 0.363 e. The lowest BCUT2D eigenvalue weighted by Crippen LogP contribution is -2.46. The van der Waals surface area contributed by atoms with Crippen molar-refractivity contribution in [3.05, 3.63) is 58.9 Å². The van der Waals surface area contributed by atoms with Crippen molar-refractivity contribution < 1.29 is 19.2 Å². The normalized spacial score (nSPS) is 18.3. The number of carbonyl (C=O) groups excluding carboxylic acids is 4. The van der Waals surface area contributed by atoms with Crippen LogP contribution in [0, 0.1) is 11.8 Å². The van der Waals surface area contributed by atoms with E-state index in [0.29, 0.717) is 41.2 Å². The van der Waals surface area contributed by atoms with Crippen LogP contribution in [0.1, 0.15) is 77.9 Å². The second kappa shape index (κ2) is 12.1. The number of aromatic amines is 1. The number of amides is 4. The molecule has 3 aromatic rings. The van der Waals surface area contributed by atoms with Gasteiger partial charge in [0.05, 0.1) is 11.7 Å². The van der Waals surface area contributed by atoms with E-state index in [9.17, 15) is 19.2 Å². The zero-order chi connectivity index (χ0) is 30.2. The summed E-state index contributed by atoms with van der Waals surface area (Å²) in [6, 6.07) is 7.66. The van der Waals surface area contributed by atoms with Crippen molar-refractivity contribution in [1.29, 1.82) is 0 Å². The highest BCUT2D eigenvalue weighted by molar-refractivity contribution is 8.00. The van der Waals surface area contributed by atoms with Gasteiger partial charge >= 0.3 is 6.03 Å². The van der Waals surface area contributed by atoms with E-state index in [1.165, 1.54) is 28.0 Å². The van der Waals surface area contributed by atoms with Gasteiger partial charge in [0.1, 0.15) is 17.4 Å². The molecular weight excluding hydrogens is 587 g/mol. The summed E-state index contributed by atoms with van der Waals surface area (Å²) in [4.78, 5) is 66.6. The Morgan fingerprint density at radius 3 is 2.60 bits per heavy atom. The molecule has 13 heteroatoms. The summed E-state index contributed by atoms with van der Waals surface area (Å²) in [6.07, 6.45) is 7.04. The van der Waals surface area contributed by atoms with Crippen LogP contribution in [0.25, 0.3) is 0 Å². The molecule has 0 radical (unpaired) electrons. The van der Waals surface area contributed by atoms with Crippen LogP contribution in [-0.2, 0) is 4.79 Å². The number of rotatable bonds is 11. The molecule has 1 aromatic carbocycles. The second-order valence-electron chi connectivity index (χ2n) is 11.8. The van der Waals surface area contributed by atoms with Crippen molar-refractivity contribution in [2.75, 3.05) is 16.3 Å². The molecule has 226 valence electrons. The third-order valence-corrected chi connectivity index (χ3v) is 10.0. The number of urea groups is 1. The van der Waals surface area contributed by atoms with Gasteiger partial charge in [-0.3, -0.25) is 24.8 Å². The molecule has 1 unspecified atom stereocenters. The number of fused-ring (bicyclic) bond motifs is 1. The molecule has 1 aliphatic heterocycles. The first kappa shape index (κ1) is 29.4. The maximum absolute atomic E-state index is 14.1. The Balaban J connectivity index is 1.31. The van der Waals surface area contributed by atoms with Gasteiger partial charge in [0, 0.05) is 40.3 Å². The van der Waals surface area contributed by atoms with Crippen molar-refractivity contribution in [2.24, 2.45) is 17.7 Å². The molecule has 2 aliphatic carbocycles. The molecule has 4 amide bonds. The molecule has 2 saturated carbocycles. The topological polar surface area (TPSA) is 145 Å². The van der Waals surface area contributed by atoms with Crippen LogP contribution >= 0.6 is 23.1 Å². The molecule has 11 nitrogen and oxygen atoms in total. The number of H-pyrrole nitrogens is 1. The Morgan fingerprint density at radius 2 is 1.98 bits per heavy atom. The van der Waals surface area contributed by atoms with E-state index >= 15 is 0 Å². The lowest BCUT2D eigenvalue weighted by atomic mass is 10.1. The quantitative estimate of drug-likeness (QED) is 0.0898. The van der Waals surface area contributed by atoms with E-state index in [0.717, 1.165) is 48.0 Å². The number of hydrazine groups is 1. The fourth-order valence-electron chi connectivity index (χ4n) is 5.46. The fraction of sp³-hybridized carbons (Fsp3) is 0.433. The zero-order valence-corrected chi connectivity index (χ0v) is 25.7. The van der Waals surface area contributed by atoms with Gasteiger partial charge < -0.3 is 14.7 Å². The number of aldehydes is 1. The first-order valence-electron chi connectivity index (χ1n) is 14.6. The summed E-state index contributed by atoms with van der Waals surface area (Å²) in [7, 11) is 0. The van der Waals surface area contributed by atoms with Gasteiger partial charge in [0.2, 0.25) is 0 Å². The van der Waals surface area contributed by atoms with Crippen molar-refractivity contribution in [2.45, 2.75) is 68.3 Å². The van der Waals surface area contributed by atoms with Crippen LogP contribution in [-0.4, -0.2) is 57.6 Å². The second-order valence-corrected chi connectivity index (χ2v) is 13.7. The maximum Gasteiger partial charge on any atom is 0.337 e. The van der Waals surface area contributed by atoms with Crippen LogP contribution in [0.2, 0.25) is 0 Å². The number of aromatic nitrogens is 2. The van der Waals surface area contributed by atoms with Gasteiger partial charge in [-0.15, -0.1) is 11.3 Å². The maximum atomic E-state index is 14.1. The summed E-state index contributed by atoms with van der Waals surface area (Å²) in [5, 5.41) is 2.03. The van der Waals surface area contributed by atoms with E-state index in [-0.39, 0.29) is 11.3 Å². The van der Waals surface area contributed by atoms with Gasteiger partial charge in [-0.1, -0.05) is 38.5 Å². The Morgan fingerprint density at radius 1 is 1.19 bits per heavy atom. The molecule has 3 aliphatic rings. The zero-order valence-electron chi connectivity index (χ0n) is 24.1. The summed E-state index contributed by atoms with van der Waals surface area (Å²) < 4.78 is 0. The summed E-state index contributed by atoms with van der Waals surface area (Å²) in [5.74, 6) is 5.08. The lowest BCUT2D eigenvalue weighted by molar-refractivity contribution is -0.111. The minimum absolute atomic E-state index is 0.165. The van der Waals surface area contributed by atoms with Crippen molar-refractivity contribution in [3.63, 3.8) is 0 Å². The minimum atomic E-state index is -0.903. The molecule has 6 rings (SSSR count). The van der Waals surface area contributed by atoms with Crippen LogP contribution in [0.15, 0.2) is 46.8 Å². The average molecular weight is 622 g/mol. The number of nitrogens with zero attached hydrogens (tertiary/aromatic N) is 4. The number of hydrogen-bond acceptors (Lipinski definition) is 9. The minimum Gasteiger partial charge on any atom is -0.363 e. The number of nitrogens with one attached hydrogen (secondary N) is 2. The molecule has 0 spiro atoms. The highest BCUT2D eigenvalue weighted by atomic mass is 32.2. The first-order valence-corrected chi connectivity index (χ1v) is 16.3. The number of thiazole rings is 1. The van der Waals surface area contributed by atoms with E-state index in [1.807, 2.05) is 12.1 Å². The smallest absolute Gasteiger partial charge is 0.337 e. The number of hydrogen-bond donors (Lipinski definition) is 3. The highest BCUT2D eigenvalue weighted by Crippen LogP contribution is 2.51. The fourth-order valence-corrected chi connectivity index (χ4v) is 7.65. The van der Waals surface area contributed by atoms with E-state index in [4.69, 9.17) is 5.84 Å². The molecule has 43 heavy (non-hydrogen) atoms. The van der Waals surface area contributed by atoms with Gasteiger partial charge in [0.25, 0.3) is 11.8 Å². The van der Waals surface area contributed by atoms with Gasteiger partial charge in [-0.25, -0.2) is 15.6 Å². The third kappa shape index (κ3) is 6.06. The monoisotopic (exact) mass is 621 g/mol. The molecule has 2 aromatic heterocycles. The van der Waals surface area contributed by atoms with E-state index < -0.39 is 29.3 Å². The van der Waals surface area contributed by atoms with Crippen LogP contribution in [0.5, 0.6) is 0 Å². The van der Waals surface area contributed by atoms with Crippen LogP contribution < -0.4 is 21.1 Å². The Hall–Kier alpha value is -3.68. The number of anilines is 2. The summed E-state index contributed by atoms with van der Waals surface area (Å²) in [6.45, 7) is 5.14. The van der Waals surface area contributed by atoms with E-state index in [2.05, 4.69) is 34.1 Å². The Labute approximate surface area is 258 Å². The lowest BCUT2D eigenvalue weighted by Gasteiger charge is -2.26. The molecular formula is C30H35N7O4S2. The standard InChI is InChI=1S/C30H35N7O4S2/c1-17(2)14-35(20-8-9-20)30-33-23(16-42-30)27(40)36(21(15-38)12-18-5-6-18)26(39)19-7-10-24-25(13-19)43-28(22-4-3-11-32-22)37(24)29(41)34-31/h3-4,7,10-11,13,15-18,20-21,28,32H,5-6,8-9,12,14,31H2,1-2H3,(H,34,41)/t21-,28?/m0/s1. The number of carbonyl (C=O) groups is 4. The Bertz CT molecular complexity index is 1520. The van der Waals surface area contributed by atoms with Crippen LogP contribution in [0.4, 0.5) is 15.6 Å². The molecule has 4 N–H and O–H groups in total. The summed E-state index contributed by atoms with van der Waals surface area (Å²) in [5.41, 5.74) is 3.98. The average Bonchev–Trinajstić information content (AvgIpc) is 3.85. The SMILES string of the molecule is CC(C)CN(c1nc(C(=O)N(C(=O)c2ccc3c(c2)SC(c2ccc[nH]2)N3C(=O)NN)[C@H](C=O)CC2CC2)cs1)C1CC1. The van der Waals surface area contributed by atoms with Crippen molar-refractivity contribution >= 4 is 58.0 Å².